The summed E-state index contributed by atoms with van der Waals surface area (Å²) in [6, 6.07) is 0. The molecule has 1 fully saturated rings. The molecule has 0 saturated heterocycles. The number of fused-ring (bicyclic) bond motifs is 1. The van der Waals surface area contributed by atoms with Gasteiger partial charge < -0.3 is 15.0 Å². The summed E-state index contributed by atoms with van der Waals surface area (Å²) in [5, 5.41) is 13.8. The highest BCUT2D eigenvalue weighted by Gasteiger charge is 2.45. The molecule has 0 bridgehead atoms. The zero-order valence-corrected chi connectivity index (χ0v) is 13.5. The molecule has 0 radical (unpaired) electrons. The van der Waals surface area contributed by atoms with Crippen molar-refractivity contribution in [1.29, 1.82) is 0 Å². The Morgan fingerprint density at radius 1 is 1.33 bits per heavy atom. The highest BCUT2D eigenvalue weighted by molar-refractivity contribution is 5.21. The van der Waals surface area contributed by atoms with Crippen LogP contribution < -0.4 is 5.32 Å². The van der Waals surface area contributed by atoms with E-state index in [0.717, 1.165) is 38.2 Å². The van der Waals surface area contributed by atoms with E-state index in [9.17, 15) is 5.11 Å². The normalized spacial score (nSPS) is 21.1. The smallest absolute Gasteiger partial charge is 0.106 e. The molecule has 2 N–H and O–H groups in total. The molecular weight excluding hydrogens is 262 g/mol. The first-order valence-corrected chi connectivity index (χ1v) is 8.61. The van der Waals surface area contributed by atoms with Crippen molar-refractivity contribution in [2.45, 2.75) is 70.9 Å². The molecular formula is C17H29N3O. The lowest BCUT2D eigenvalue weighted by Crippen LogP contribution is -2.54. The number of aliphatic hydroxyl groups excluding tert-OH is 1. The third kappa shape index (κ3) is 2.88. The number of hydrogen-bond donors (Lipinski definition) is 2. The summed E-state index contributed by atoms with van der Waals surface area (Å²) in [7, 11) is 0. The molecule has 1 aromatic rings. The van der Waals surface area contributed by atoms with E-state index in [-0.39, 0.29) is 12.1 Å². The average molecular weight is 291 g/mol. The number of aromatic nitrogens is 2. The van der Waals surface area contributed by atoms with Gasteiger partial charge >= 0.3 is 0 Å². The first-order chi connectivity index (χ1) is 10.2. The second kappa shape index (κ2) is 6.09. The van der Waals surface area contributed by atoms with Crippen LogP contribution in [0.5, 0.6) is 0 Å². The van der Waals surface area contributed by atoms with Crippen LogP contribution in [0, 0.1) is 12.8 Å². The van der Waals surface area contributed by atoms with Crippen molar-refractivity contribution >= 4 is 0 Å². The minimum absolute atomic E-state index is 0.146. The van der Waals surface area contributed by atoms with Crippen molar-refractivity contribution in [3.63, 3.8) is 0 Å². The second-order valence-corrected chi connectivity index (χ2v) is 6.86. The Balaban J connectivity index is 1.87. The molecule has 1 unspecified atom stereocenters. The number of imidazole rings is 1. The number of aliphatic hydroxyl groups is 1. The van der Waals surface area contributed by atoms with Gasteiger partial charge in [0.15, 0.2) is 0 Å². The summed E-state index contributed by atoms with van der Waals surface area (Å²) in [4.78, 5) is 4.78. The molecule has 1 aromatic heterocycles. The van der Waals surface area contributed by atoms with Gasteiger partial charge in [0.05, 0.1) is 17.8 Å². The van der Waals surface area contributed by atoms with Gasteiger partial charge in [0, 0.05) is 12.2 Å². The first-order valence-electron chi connectivity index (χ1n) is 8.61. The van der Waals surface area contributed by atoms with E-state index in [1.807, 2.05) is 0 Å². The molecule has 118 valence electrons. The largest absolute Gasteiger partial charge is 0.394 e. The van der Waals surface area contributed by atoms with E-state index in [4.69, 9.17) is 4.98 Å². The van der Waals surface area contributed by atoms with Crippen LogP contribution in [0.3, 0.4) is 0 Å². The fourth-order valence-electron chi connectivity index (χ4n) is 3.80. The van der Waals surface area contributed by atoms with Gasteiger partial charge in [0.25, 0.3) is 0 Å². The molecule has 2 aliphatic rings. The summed E-state index contributed by atoms with van der Waals surface area (Å²) in [5.74, 6) is 1.74. The minimum atomic E-state index is -0.146. The molecule has 4 nitrogen and oxygen atoms in total. The van der Waals surface area contributed by atoms with Crippen molar-refractivity contribution in [2.75, 3.05) is 13.2 Å². The molecule has 1 heterocycles. The number of nitrogens with one attached hydrogen (secondary N) is 1. The van der Waals surface area contributed by atoms with E-state index in [1.54, 1.807) is 0 Å². The zero-order chi connectivity index (χ0) is 14.9. The monoisotopic (exact) mass is 291 g/mol. The van der Waals surface area contributed by atoms with Crippen LogP contribution in [0.15, 0.2) is 0 Å². The summed E-state index contributed by atoms with van der Waals surface area (Å²) >= 11 is 0. The second-order valence-electron chi connectivity index (χ2n) is 6.86. The van der Waals surface area contributed by atoms with E-state index in [2.05, 4.69) is 23.7 Å². The standard InChI is InChI=1S/C17H29N3O/c1-3-10-18-17(12-21,14-8-9-14)11-20-13(2)19-15-6-4-5-7-16(15)20/h14,18,21H,3-12H2,1-2H3. The third-order valence-corrected chi connectivity index (χ3v) is 5.23. The van der Waals surface area contributed by atoms with Crippen LogP contribution in [0.2, 0.25) is 0 Å². The summed E-state index contributed by atoms with van der Waals surface area (Å²) < 4.78 is 2.39. The fraction of sp³-hybridized carbons (Fsp3) is 0.824. The Labute approximate surface area is 128 Å². The summed E-state index contributed by atoms with van der Waals surface area (Å²) in [6.45, 7) is 6.39. The lowest BCUT2D eigenvalue weighted by atomic mass is 9.92. The Morgan fingerprint density at radius 3 is 2.76 bits per heavy atom. The lowest BCUT2D eigenvalue weighted by Gasteiger charge is -2.35. The number of nitrogens with zero attached hydrogens (tertiary/aromatic N) is 2. The highest BCUT2D eigenvalue weighted by atomic mass is 16.3. The van der Waals surface area contributed by atoms with Gasteiger partial charge in [-0.1, -0.05) is 6.92 Å². The van der Waals surface area contributed by atoms with Crippen LogP contribution in [0.25, 0.3) is 0 Å². The first kappa shape index (κ1) is 15.0. The summed E-state index contributed by atoms with van der Waals surface area (Å²) in [5.41, 5.74) is 2.58. The van der Waals surface area contributed by atoms with Gasteiger partial charge in [-0.3, -0.25) is 0 Å². The fourth-order valence-corrected chi connectivity index (χ4v) is 3.80. The highest BCUT2D eigenvalue weighted by Crippen LogP contribution is 2.41. The number of hydrogen-bond acceptors (Lipinski definition) is 3. The topological polar surface area (TPSA) is 50.1 Å². The average Bonchev–Trinajstić information content (AvgIpc) is 3.30. The maximum atomic E-state index is 10.1. The molecule has 21 heavy (non-hydrogen) atoms. The lowest BCUT2D eigenvalue weighted by molar-refractivity contribution is 0.120. The predicted molar refractivity (Wildman–Crippen MR) is 84.4 cm³/mol. The Bertz CT molecular complexity index is 492. The Hall–Kier alpha value is -0.870. The van der Waals surface area contributed by atoms with Gasteiger partial charge in [-0.25, -0.2) is 4.98 Å². The van der Waals surface area contributed by atoms with E-state index >= 15 is 0 Å². The molecule has 1 atom stereocenters. The van der Waals surface area contributed by atoms with Crippen LogP contribution in [0.4, 0.5) is 0 Å². The van der Waals surface area contributed by atoms with Crippen LogP contribution in [-0.2, 0) is 19.4 Å². The number of aryl methyl sites for hydroxylation is 2. The van der Waals surface area contributed by atoms with Crippen LogP contribution >= 0.6 is 0 Å². The molecule has 0 amide bonds. The van der Waals surface area contributed by atoms with E-state index in [1.165, 1.54) is 37.1 Å². The predicted octanol–water partition coefficient (Wildman–Crippen LogP) is 2.21. The Morgan fingerprint density at radius 2 is 2.10 bits per heavy atom. The zero-order valence-electron chi connectivity index (χ0n) is 13.5. The number of rotatable bonds is 7. The molecule has 2 aliphatic carbocycles. The van der Waals surface area contributed by atoms with Gasteiger partial charge in [0.2, 0.25) is 0 Å². The third-order valence-electron chi connectivity index (χ3n) is 5.23. The molecule has 0 spiro atoms. The molecule has 1 saturated carbocycles. The Kier molecular flexibility index (Phi) is 4.36. The van der Waals surface area contributed by atoms with Crippen molar-refractivity contribution in [2.24, 2.45) is 5.92 Å². The maximum absolute atomic E-state index is 10.1. The quantitative estimate of drug-likeness (QED) is 0.810. The van der Waals surface area contributed by atoms with Gasteiger partial charge in [-0.05, 0) is 64.3 Å². The van der Waals surface area contributed by atoms with Crippen molar-refractivity contribution in [1.82, 2.24) is 14.9 Å². The molecule has 0 aromatic carbocycles. The van der Waals surface area contributed by atoms with Crippen LogP contribution in [-0.4, -0.2) is 33.3 Å². The van der Waals surface area contributed by atoms with E-state index in [0.29, 0.717) is 5.92 Å². The molecule has 3 rings (SSSR count). The van der Waals surface area contributed by atoms with Gasteiger partial charge in [-0.15, -0.1) is 0 Å². The van der Waals surface area contributed by atoms with Crippen molar-refractivity contribution in [3.05, 3.63) is 17.2 Å². The van der Waals surface area contributed by atoms with Crippen molar-refractivity contribution < 1.29 is 5.11 Å². The SMILES string of the molecule is CCCNC(CO)(Cn1c(C)nc2c1CCCC2)C1CC1. The summed E-state index contributed by atoms with van der Waals surface area (Å²) in [6.07, 6.45) is 8.41. The van der Waals surface area contributed by atoms with Crippen molar-refractivity contribution in [3.8, 4) is 0 Å². The molecule has 4 heteroatoms. The minimum Gasteiger partial charge on any atom is -0.394 e. The van der Waals surface area contributed by atoms with Crippen LogP contribution in [0.1, 0.15) is 56.2 Å². The van der Waals surface area contributed by atoms with Gasteiger partial charge in [-0.2, -0.15) is 0 Å². The maximum Gasteiger partial charge on any atom is 0.106 e. The van der Waals surface area contributed by atoms with E-state index < -0.39 is 0 Å². The molecule has 0 aliphatic heterocycles. The van der Waals surface area contributed by atoms with Gasteiger partial charge in [0.1, 0.15) is 5.82 Å².